The number of ether oxygens (including phenoxy) is 1. The minimum Gasteiger partial charge on any atom is -0.376 e. The molecule has 1 aliphatic carbocycles. The second-order valence-electron chi connectivity index (χ2n) is 8.41. The Hall–Kier alpha value is -2.16. The molecule has 0 radical (unpaired) electrons. The summed E-state index contributed by atoms with van der Waals surface area (Å²) >= 11 is 3.00. The number of benzene rings is 1. The van der Waals surface area contributed by atoms with Gasteiger partial charge in [-0.2, -0.15) is 0 Å². The highest BCUT2D eigenvalue weighted by Crippen LogP contribution is 2.35. The zero-order valence-electron chi connectivity index (χ0n) is 18.2. The average Bonchev–Trinajstić information content (AvgIpc) is 3.47. The molecule has 1 saturated heterocycles. The Labute approximate surface area is 195 Å². The van der Waals surface area contributed by atoms with Gasteiger partial charge in [-0.25, -0.2) is 4.98 Å². The van der Waals surface area contributed by atoms with Crippen LogP contribution in [0.5, 0.6) is 0 Å². The summed E-state index contributed by atoms with van der Waals surface area (Å²) < 4.78 is 7.59. The lowest BCUT2D eigenvalue weighted by molar-refractivity contribution is -0.115. The van der Waals surface area contributed by atoms with E-state index in [1.165, 1.54) is 28.6 Å². The summed E-state index contributed by atoms with van der Waals surface area (Å²) in [5.74, 6) is 0.199. The molecule has 1 fully saturated rings. The first-order chi connectivity index (χ1) is 15.6. The Morgan fingerprint density at radius 2 is 2.06 bits per heavy atom. The molecule has 1 amide bonds. The van der Waals surface area contributed by atoms with Crippen molar-refractivity contribution >= 4 is 44.9 Å². The van der Waals surface area contributed by atoms with E-state index in [1.54, 1.807) is 27.9 Å². The molecule has 1 atom stereocenters. The van der Waals surface area contributed by atoms with Crippen molar-refractivity contribution in [3.8, 4) is 0 Å². The molecular weight excluding hydrogens is 442 g/mol. The molecular formula is C24H27N3O3S2. The number of hydrogen-bond acceptors (Lipinski definition) is 6. The van der Waals surface area contributed by atoms with Gasteiger partial charge < -0.3 is 9.64 Å². The SMILES string of the molecule is CN(C(=O)CSc1nc2sc3c(c2c(=O)n1CC1CCCO1)CCCC3)c1ccccc1. The zero-order valence-corrected chi connectivity index (χ0v) is 19.8. The van der Waals surface area contributed by atoms with Crippen molar-refractivity contribution in [1.82, 2.24) is 9.55 Å². The number of thioether (sulfide) groups is 1. The normalized spacial score (nSPS) is 18.1. The van der Waals surface area contributed by atoms with E-state index in [0.717, 1.165) is 54.6 Å². The summed E-state index contributed by atoms with van der Waals surface area (Å²) in [6.45, 7) is 1.24. The van der Waals surface area contributed by atoms with Crippen molar-refractivity contribution < 1.29 is 9.53 Å². The van der Waals surface area contributed by atoms with Crippen molar-refractivity contribution in [3.05, 3.63) is 51.1 Å². The minimum atomic E-state index is -0.0234. The monoisotopic (exact) mass is 469 g/mol. The summed E-state index contributed by atoms with van der Waals surface area (Å²) in [4.78, 5) is 35.2. The summed E-state index contributed by atoms with van der Waals surface area (Å²) in [7, 11) is 1.78. The standard InChI is InChI=1S/C24H27N3O3S2/c1-26(16-8-3-2-4-9-16)20(28)15-31-24-25-22-21(18-11-5-6-12-19(18)32-22)23(29)27(24)14-17-10-7-13-30-17/h2-4,8-9,17H,5-7,10-15H2,1H3. The lowest BCUT2D eigenvalue weighted by Crippen LogP contribution is -2.31. The van der Waals surface area contributed by atoms with Crippen molar-refractivity contribution in [2.45, 2.75) is 56.3 Å². The number of aromatic nitrogens is 2. The molecule has 1 aromatic carbocycles. The number of fused-ring (bicyclic) bond motifs is 3. The predicted molar refractivity (Wildman–Crippen MR) is 130 cm³/mol. The van der Waals surface area contributed by atoms with Crippen LogP contribution < -0.4 is 10.5 Å². The van der Waals surface area contributed by atoms with Crippen LogP contribution in [0.3, 0.4) is 0 Å². The third-order valence-corrected chi connectivity index (χ3v) is 8.44. The van der Waals surface area contributed by atoms with Gasteiger partial charge in [-0.15, -0.1) is 11.3 Å². The number of rotatable bonds is 6. The fourth-order valence-corrected chi connectivity index (χ4v) is 6.73. The van der Waals surface area contributed by atoms with Crippen LogP contribution in [0.1, 0.15) is 36.1 Å². The number of hydrogen-bond donors (Lipinski definition) is 0. The van der Waals surface area contributed by atoms with E-state index in [0.29, 0.717) is 11.7 Å². The Kier molecular flexibility index (Phi) is 6.35. The Bertz CT molecular complexity index is 1180. The van der Waals surface area contributed by atoms with Gasteiger partial charge in [-0.1, -0.05) is 30.0 Å². The van der Waals surface area contributed by atoms with Gasteiger partial charge in [0.2, 0.25) is 5.91 Å². The van der Waals surface area contributed by atoms with E-state index < -0.39 is 0 Å². The van der Waals surface area contributed by atoms with Gasteiger partial charge in [0.05, 0.1) is 23.8 Å². The van der Waals surface area contributed by atoms with E-state index in [2.05, 4.69) is 0 Å². The number of amides is 1. The molecule has 1 aliphatic heterocycles. The number of para-hydroxylation sites is 1. The summed E-state index contributed by atoms with van der Waals surface area (Å²) in [5, 5.41) is 1.41. The molecule has 0 spiro atoms. The van der Waals surface area contributed by atoms with E-state index >= 15 is 0 Å². The topological polar surface area (TPSA) is 64.4 Å². The first-order valence-electron chi connectivity index (χ1n) is 11.2. The highest BCUT2D eigenvalue weighted by Gasteiger charge is 2.25. The molecule has 0 N–H and O–H groups in total. The van der Waals surface area contributed by atoms with Crippen molar-refractivity contribution in [1.29, 1.82) is 0 Å². The molecule has 0 saturated carbocycles. The molecule has 32 heavy (non-hydrogen) atoms. The Morgan fingerprint density at radius 3 is 2.84 bits per heavy atom. The molecule has 8 heteroatoms. The van der Waals surface area contributed by atoms with Gasteiger partial charge in [-0.05, 0) is 56.2 Å². The molecule has 168 valence electrons. The number of carbonyl (C=O) groups excluding carboxylic acids is 1. The molecule has 2 aliphatic rings. The van der Waals surface area contributed by atoms with Crippen LogP contribution in [0.25, 0.3) is 10.2 Å². The predicted octanol–water partition coefficient (Wildman–Crippen LogP) is 4.27. The van der Waals surface area contributed by atoms with Crippen LogP contribution in [-0.4, -0.2) is 41.0 Å². The van der Waals surface area contributed by atoms with Crippen LogP contribution >= 0.6 is 23.1 Å². The number of aryl methyl sites for hydroxylation is 2. The molecule has 0 bridgehead atoms. The van der Waals surface area contributed by atoms with E-state index in [1.807, 2.05) is 30.3 Å². The van der Waals surface area contributed by atoms with Gasteiger partial charge in [0.15, 0.2) is 5.16 Å². The van der Waals surface area contributed by atoms with Crippen molar-refractivity contribution in [3.63, 3.8) is 0 Å². The molecule has 3 heterocycles. The largest absolute Gasteiger partial charge is 0.376 e. The van der Waals surface area contributed by atoms with Gasteiger partial charge >= 0.3 is 0 Å². The molecule has 5 rings (SSSR count). The summed E-state index contributed by atoms with van der Waals surface area (Å²) in [6, 6.07) is 9.59. The van der Waals surface area contributed by atoms with Gasteiger partial charge in [-0.3, -0.25) is 14.2 Å². The molecule has 3 aromatic rings. The Balaban J connectivity index is 1.46. The third-order valence-electron chi connectivity index (χ3n) is 6.29. The van der Waals surface area contributed by atoms with Crippen LogP contribution in [0, 0.1) is 0 Å². The third kappa shape index (κ3) is 4.23. The lowest BCUT2D eigenvalue weighted by atomic mass is 9.97. The average molecular weight is 470 g/mol. The minimum absolute atomic E-state index is 0.0234. The maximum absolute atomic E-state index is 13.6. The summed E-state index contributed by atoms with van der Waals surface area (Å²) in [5.41, 5.74) is 2.08. The first kappa shape index (κ1) is 21.7. The zero-order chi connectivity index (χ0) is 22.1. The van der Waals surface area contributed by atoms with Crippen LogP contribution in [0.2, 0.25) is 0 Å². The highest BCUT2D eigenvalue weighted by molar-refractivity contribution is 7.99. The second kappa shape index (κ2) is 9.37. The maximum Gasteiger partial charge on any atom is 0.263 e. The van der Waals surface area contributed by atoms with Gasteiger partial charge in [0.1, 0.15) is 4.83 Å². The van der Waals surface area contributed by atoms with E-state index in [4.69, 9.17) is 9.72 Å². The van der Waals surface area contributed by atoms with Crippen LogP contribution in [-0.2, 0) is 28.9 Å². The Morgan fingerprint density at radius 1 is 1.25 bits per heavy atom. The fourth-order valence-electron chi connectivity index (χ4n) is 4.50. The lowest BCUT2D eigenvalue weighted by Gasteiger charge is -2.19. The molecule has 2 aromatic heterocycles. The number of anilines is 1. The number of nitrogens with zero attached hydrogens (tertiary/aromatic N) is 3. The van der Waals surface area contributed by atoms with E-state index in [-0.39, 0.29) is 23.3 Å². The van der Waals surface area contributed by atoms with E-state index in [9.17, 15) is 9.59 Å². The van der Waals surface area contributed by atoms with Crippen LogP contribution in [0.4, 0.5) is 5.69 Å². The quantitative estimate of drug-likeness (QED) is 0.398. The smallest absolute Gasteiger partial charge is 0.263 e. The molecule has 1 unspecified atom stereocenters. The van der Waals surface area contributed by atoms with Crippen LogP contribution in [0.15, 0.2) is 40.3 Å². The maximum atomic E-state index is 13.6. The van der Waals surface area contributed by atoms with Crippen molar-refractivity contribution in [2.75, 3.05) is 24.3 Å². The van der Waals surface area contributed by atoms with Gasteiger partial charge in [0.25, 0.3) is 5.56 Å². The fraction of sp³-hybridized carbons (Fsp3) is 0.458. The number of carbonyl (C=O) groups is 1. The van der Waals surface area contributed by atoms with Crippen molar-refractivity contribution in [2.24, 2.45) is 0 Å². The number of thiophene rings is 1. The second-order valence-corrected chi connectivity index (χ2v) is 10.4. The summed E-state index contributed by atoms with van der Waals surface area (Å²) in [6.07, 6.45) is 6.29. The highest BCUT2D eigenvalue weighted by atomic mass is 32.2. The van der Waals surface area contributed by atoms with Gasteiger partial charge in [0, 0.05) is 24.2 Å². The molecule has 6 nitrogen and oxygen atoms in total. The first-order valence-corrected chi connectivity index (χ1v) is 13.0.